The summed E-state index contributed by atoms with van der Waals surface area (Å²) in [4.78, 5) is 24.6. The Morgan fingerprint density at radius 3 is 2.90 bits per heavy atom. The van der Waals surface area contributed by atoms with E-state index in [2.05, 4.69) is 9.97 Å². The molecule has 4 aromatic rings. The van der Waals surface area contributed by atoms with Crippen LogP contribution in [-0.2, 0) is 11.3 Å². The van der Waals surface area contributed by atoms with Gasteiger partial charge in [-0.3, -0.25) is 14.7 Å². The highest BCUT2D eigenvalue weighted by Gasteiger charge is 2.21. The maximum absolute atomic E-state index is 13.1. The second-order valence-corrected chi connectivity index (χ2v) is 8.29. The molecule has 6 nitrogen and oxygen atoms in total. The van der Waals surface area contributed by atoms with Crippen molar-refractivity contribution >= 4 is 50.0 Å². The molecule has 4 heterocycles. The minimum atomic E-state index is -0.138. The summed E-state index contributed by atoms with van der Waals surface area (Å²) in [6.45, 7) is 0.604. The number of anilines is 1. The number of aromatic nitrogens is 2. The zero-order valence-corrected chi connectivity index (χ0v) is 16.8. The molecule has 0 spiro atoms. The molecule has 0 N–H and O–H groups in total. The van der Waals surface area contributed by atoms with Crippen molar-refractivity contribution < 1.29 is 14.3 Å². The van der Waals surface area contributed by atoms with Crippen LogP contribution in [0, 0.1) is 0 Å². The maximum Gasteiger partial charge on any atom is 0.253 e. The second-order valence-electron chi connectivity index (χ2n) is 6.30. The molecule has 8 heteroatoms. The number of hydrogen-bond acceptors (Lipinski definition) is 7. The van der Waals surface area contributed by atoms with Gasteiger partial charge >= 0.3 is 0 Å². The SMILES string of the molecule is O=C(/C=C/c1cccs1)N(Cc1cccnc1)c1nc2cc3c(cc2s1)OCO3. The van der Waals surface area contributed by atoms with Crippen molar-refractivity contribution in [2.45, 2.75) is 6.54 Å². The Hall–Kier alpha value is -3.23. The molecule has 0 bridgehead atoms. The Morgan fingerprint density at radius 2 is 2.10 bits per heavy atom. The largest absolute Gasteiger partial charge is 0.454 e. The van der Waals surface area contributed by atoms with Crippen molar-refractivity contribution in [3.63, 3.8) is 0 Å². The highest BCUT2D eigenvalue weighted by atomic mass is 32.1. The van der Waals surface area contributed by atoms with Crippen LogP contribution in [-0.4, -0.2) is 22.7 Å². The molecule has 0 fully saturated rings. The van der Waals surface area contributed by atoms with Crippen LogP contribution >= 0.6 is 22.7 Å². The standard InChI is InChI=1S/C21H15N3O3S2/c25-20(6-5-15-4-2-8-28-15)24(12-14-3-1-7-22-11-14)21-23-16-9-17-18(27-13-26-17)10-19(16)29-21/h1-11H,12-13H2/b6-5+. The van der Waals surface area contributed by atoms with Crippen molar-refractivity contribution in [3.05, 3.63) is 70.7 Å². The summed E-state index contributed by atoms with van der Waals surface area (Å²) in [6.07, 6.45) is 6.88. The molecule has 0 unspecified atom stereocenters. The first kappa shape index (κ1) is 17.8. The zero-order valence-electron chi connectivity index (χ0n) is 15.1. The van der Waals surface area contributed by atoms with Gasteiger partial charge in [-0.1, -0.05) is 23.5 Å². The van der Waals surface area contributed by atoms with Gasteiger partial charge in [-0.15, -0.1) is 11.3 Å². The van der Waals surface area contributed by atoms with Crippen LogP contribution in [0.25, 0.3) is 16.3 Å². The number of thiazole rings is 1. The van der Waals surface area contributed by atoms with E-state index in [1.165, 1.54) is 11.3 Å². The number of amides is 1. The molecule has 0 aliphatic carbocycles. The molecule has 29 heavy (non-hydrogen) atoms. The van der Waals surface area contributed by atoms with E-state index in [1.54, 1.807) is 34.7 Å². The Kier molecular flexibility index (Phi) is 4.71. The van der Waals surface area contributed by atoms with Gasteiger partial charge in [0.25, 0.3) is 5.91 Å². The minimum absolute atomic E-state index is 0.138. The monoisotopic (exact) mass is 421 g/mol. The van der Waals surface area contributed by atoms with E-state index in [-0.39, 0.29) is 12.7 Å². The van der Waals surface area contributed by atoms with Crippen LogP contribution in [0.1, 0.15) is 10.4 Å². The average Bonchev–Trinajstić information content (AvgIpc) is 3.49. The molecular weight excluding hydrogens is 406 g/mol. The molecule has 5 rings (SSSR count). The van der Waals surface area contributed by atoms with Crippen molar-refractivity contribution in [3.8, 4) is 11.5 Å². The number of ether oxygens (including phenoxy) is 2. The molecule has 1 aliphatic rings. The fourth-order valence-corrected chi connectivity index (χ4v) is 4.56. The van der Waals surface area contributed by atoms with Gasteiger partial charge in [-0.25, -0.2) is 4.98 Å². The maximum atomic E-state index is 13.1. The van der Waals surface area contributed by atoms with Gasteiger partial charge in [0, 0.05) is 35.5 Å². The molecule has 0 radical (unpaired) electrons. The zero-order chi connectivity index (χ0) is 19.6. The number of rotatable bonds is 5. The molecular formula is C21H15N3O3S2. The third kappa shape index (κ3) is 3.72. The summed E-state index contributed by atoms with van der Waals surface area (Å²) < 4.78 is 11.8. The molecule has 1 aromatic carbocycles. The van der Waals surface area contributed by atoms with E-state index < -0.39 is 0 Å². The Labute approximate surface area is 174 Å². The number of benzene rings is 1. The number of pyridine rings is 1. The molecule has 144 valence electrons. The number of nitrogens with zero attached hydrogens (tertiary/aromatic N) is 3. The Balaban J connectivity index is 1.50. The van der Waals surface area contributed by atoms with Crippen LogP contribution in [0.3, 0.4) is 0 Å². The summed E-state index contributed by atoms with van der Waals surface area (Å²) >= 11 is 3.03. The molecule has 1 aliphatic heterocycles. The highest BCUT2D eigenvalue weighted by molar-refractivity contribution is 7.22. The lowest BCUT2D eigenvalue weighted by Crippen LogP contribution is -2.28. The van der Waals surface area contributed by atoms with Gasteiger partial charge in [0.2, 0.25) is 6.79 Å². The van der Waals surface area contributed by atoms with Crippen LogP contribution in [0.5, 0.6) is 11.5 Å². The Bertz CT molecular complexity index is 1150. The molecule has 1 amide bonds. The van der Waals surface area contributed by atoms with E-state index >= 15 is 0 Å². The van der Waals surface area contributed by atoms with Crippen LogP contribution < -0.4 is 14.4 Å². The third-order valence-electron chi connectivity index (χ3n) is 4.37. The van der Waals surface area contributed by atoms with Gasteiger partial charge in [0.05, 0.1) is 16.8 Å². The van der Waals surface area contributed by atoms with Gasteiger partial charge in [-0.05, 0) is 29.2 Å². The predicted molar refractivity (Wildman–Crippen MR) is 115 cm³/mol. The van der Waals surface area contributed by atoms with E-state index in [4.69, 9.17) is 9.47 Å². The fourth-order valence-electron chi connectivity index (χ4n) is 2.96. The van der Waals surface area contributed by atoms with Crippen molar-refractivity contribution in [1.29, 1.82) is 0 Å². The summed E-state index contributed by atoms with van der Waals surface area (Å²) in [5, 5.41) is 2.60. The van der Waals surface area contributed by atoms with Crippen molar-refractivity contribution in [2.75, 3.05) is 11.7 Å². The van der Waals surface area contributed by atoms with E-state index in [1.807, 2.05) is 47.9 Å². The number of hydrogen-bond donors (Lipinski definition) is 0. The van der Waals surface area contributed by atoms with Gasteiger partial charge in [-0.2, -0.15) is 0 Å². The molecule has 3 aromatic heterocycles. The smallest absolute Gasteiger partial charge is 0.253 e. The fraction of sp³-hybridized carbons (Fsp3) is 0.0952. The van der Waals surface area contributed by atoms with Crippen LogP contribution in [0.15, 0.2) is 60.2 Å². The normalized spacial score (nSPS) is 12.7. The van der Waals surface area contributed by atoms with E-state index in [9.17, 15) is 4.79 Å². The number of carbonyl (C=O) groups is 1. The van der Waals surface area contributed by atoms with Gasteiger partial charge < -0.3 is 9.47 Å². The lowest BCUT2D eigenvalue weighted by molar-refractivity contribution is -0.114. The van der Waals surface area contributed by atoms with Crippen LogP contribution in [0.2, 0.25) is 0 Å². The molecule has 0 saturated heterocycles. The summed E-state index contributed by atoms with van der Waals surface area (Å²) in [5.74, 6) is 1.24. The topological polar surface area (TPSA) is 64.6 Å². The van der Waals surface area contributed by atoms with E-state index in [0.29, 0.717) is 23.2 Å². The third-order valence-corrected chi connectivity index (χ3v) is 6.24. The first-order chi connectivity index (χ1) is 14.3. The molecule has 0 atom stereocenters. The number of fused-ring (bicyclic) bond motifs is 2. The first-order valence-corrected chi connectivity index (χ1v) is 10.6. The second kappa shape index (κ2) is 7.65. The molecule has 0 saturated carbocycles. The summed E-state index contributed by atoms with van der Waals surface area (Å²) in [5.41, 5.74) is 1.71. The number of thiophene rings is 1. The van der Waals surface area contributed by atoms with Crippen LogP contribution in [0.4, 0.5) is 5.13 Å². The quantitative estimate of drug-likeness (QED) is 0.436. The van der Waals surface area contributed by atoms with Crippen molar-refractivity contribution in [1.82, 2.24) is 9.97 Å². The predicted octanol–water partition coefficient (Wildman–Crippen LogP) is 4.73. The van der Waals surface area contributed by atoms with Crippen molar-refractivity contribution in [2.24, 2.45) is 0 Å². The Morgan fingerprint density at radius 1 is 1.21 bits per heavy atom. The lowest BCUT2D eigenvalue weighted by atomic mass is 10.2. The summed E-state index contributed by atoms with van der Waals surface area (Å²) in [6, 6.07) is 11.5. The average molecular weight is 422 g/mol. The lowest BCUT2D eigenvalue weighted by Gasteiger charge is -2.18. The van der Waals surface area contributed by atoms with E-state index in [0.717, 1.165) is 20.7 Å². The van der Waals surface area contributed by atoms with Gasteiger partial charge in [0.15, 0.2) is 16.6 Å². The summed E-state index contributed by atoms with van der Waals surface area (Å²) in [7, 11) is 0. The minimum Gasteiger partial charge on any atom is -0.454 e. The van der Waals surface area contributed by atoms with Gasteiger partial charge in [0.1, 0.15) is 0 Å². The first-order valence-electron chi connectivity index (χ1n) is 8.88. The highest BCUT2D eigenvalue weighted by Crippen LogP contribution is 2.40. The number of carbonyl (C=O) groups excluding carboxylic acids is 1.